The first-order chi connectivity index (χ1) is 12.3. The quantitative estimate of drug-likeness (QED) is 0.244. The molecule has 1 aliphatic rings. The molecule has 0 amide bonds. The summed E-state index contributed by atoms with van der Waals surface area (Å²) in [5.41, 5.74) is 0.103. The van der Waals surface area contributed by atoms with Gasteiger partial charge in [0.25, 0.3) is 0 Å². The Hall–Kier alpha value is -0.530. The molecule has 0 unspecified atom stereocenters. The minimum Gasteiger partial charge on any atom is -0.478 e. The highest BCUT2D eigenvalue weighted by Gasteiger charge is 2.32. The van der Waals surface area contributed by atoms with Crippen LogP contribution in [0.2, 0.25) is 0 Å². The van der Waals surface area contributed by atoms with Crippen molar-refractivity contribution in [2.45, 2.75) is 135 Å². The van der Waals surface area contributed by atoms with Gasteiger partial charge in [0, 0.05) is 6.42 Å². The smallest absolute Gasteiger partial charge is 0.183 e. The van der Waals surface area contributed by atoms with Crippen molar-refractivity contribution in [2.24, 2.45) is 4.99 Å². The summed E-state index contributed by atoms with van der Waals surface area (Å²) < 4.78 is 5.81. The second-order valence-corrected chi connectivity index (χ2v) is 8.07. The predicted octanol–water partition coefficient (Wildman–Crippen LogP) is 7.85. The van der Waals surface area contributed by atoms with Crippen molar-refractivity contribution in [2.75, 3.05) is 6.61 Å². The van der Waals surface area contributed by atoms with Crippen LogP contribution in [0.15, 0.2) is 4.99 Å². The summed E-state index contributed by atoms with van der Waals surface area (Å²) >= 11 is 0. The van der Waals surface area contributed by atoms with Gasteiger partial charge in [0.15, 0.2) is 5.90 Å². The standard InChI is InChI=1S/C23H45NO/c1-4-7-8-9-10-11-12-13-14-15-16-17-18-19-20-22-24-23(5-2,6-3)21-25-22/h4-21H2,1-3H3. The van der Waals surface area contributed by atoms with Gasteiger partial charge in [-0.1, -0.05) is 104 Å². The van der Waals surface area contributed by atoms with E-state index in [1.165, 1.54) is 89.9 Å². The fourth-order valence-corrected chi connectivity index (χ4v) is 3.76. The summed E-state index contributed by atoms with van der Waals surface area (Å²) in [7, 11) is 0. The Morgan fingerprint density at radius 2 is 1.12 bits per heavy atom. The van der Waals surface area contributed by atoms with E-state index in [2.05, 4.69) is 20.8 Å². The summed E-state index contributed by atoms with van der Waals surface area (Å²) in [5, 5.41) is 0. The number of rotatable bonds is 17. The number of unbranched alkanes of at least 4 members (excludes halogenated alkanes) is 13. The van der Waals surface area contributed by atoms with Crippen LogP contribution in [0.25, 0.3) is 0 Å². The fraction of sp³-hybridized carbons (Fsp3) is 0.957. The van der Waals surface area contributed by atoms with E-state index < -0.39 is 0 Å². The lowest BCUT2D eigenvalue weighted by Gasteiger charge is -2.18. The maximum Gasteiger partial charge on any atom is 0.183 e. The van der Waals surface area contributed by atoms with Gasteiger partial charge in [0.1, 0.15) is 6.61 Å². The predicted molar refractivity (Wildman–Crippen MR) is 112 cm³/mol. The van der Waals surface area contributed by atoms with Crippen molar-refractivity contribution in [3.8, 4) is 0 Å². The first kappa shape index (κ1) is 22.5. The van der Waals surface area contributed by atoms with Crippen molar-refractivity contribution in [3.63, 3.8) is 0 Å². The van der Waals surface area contributed by atoms with Crippen molar-refractivity contribution >= 4 is 5.90 Å². The average Bonchev–Trinajstić information content (AvgIpc) is 3.06. The van der Waals surface area contributed by atoms with Crippen LogP contribution in [0.4, 0.5) is 0 Å². The molecular weight excluding hydrogens is 306 g/mol. The summed E-state index contributed by atoms with van der Waals surface area (Å²) in [4.78, 5) is 4.85. The molecule has 0 saturated heterocycles. The molecule has 0 aromatic rings. The van der Waals surface area contributed by atoms with Crippen LogP contribution in [-0.2, 0) is 4.74 Å². The van der Waals surface area contributed by atoms with Crippen molar-refractivity contribution < 1.29 is 4.74 Å². The Morgan fingerprint density at radius 1 is 0.680 bits per heavy atom. The normalized spacial score (nSPS) is 16.0. The SMILES string of the molecule is CCCCCCCCCCCCCCCCC1=NC(CC)(CC)CO1. The molecule has 0 aliphatic carbocycles. The molecular formula is C23H45NO. The van der Waals surface area contributed by atoms with Crippen molar-refractivity contribution in [3.05, 3.63) is 0 Å². The Bertz CT molecular complexity index is 333. The minimum absolute atomic E-state index is 0.103. The molecule has 0 aromatic carbocycles. The fourth-order valence-electron chi connectivity index (χ4n) is 3.76. The zero-order chi connectivity index (χ0) is 18.2. The molecule has 148 valence electrons. The first-order valence-corrected chi connectivity index (χ1v) is 11.5. The van der Waals surface area contributed by atoms with E-state index in [0.29, 0.717) is 0 Å². The molecule has 0 spiro atoms. The van der Waals surface area contributed by atoms with E-state index in [-0.39, 0.29) is 5.54 Å². The van der Waals surface area contributed by atoms with Crippen LogP contribution < -0.4 is 0 Å². The second-order valence-electron chi connectivity index (χ2n) is 8.07. The lowest BCUT2D eigenvalue weighted by Crippen LogP contribution is -2.25. The zero-order valence-corrected chi connectivity index (χ0v) is 17.6. The van der Waals surface area contributed by atoms with Gasteiger partial charge in [-0.3, -0.25) is 0 Å². The van der Waals surface area contributed by atoms with Gasteiger partial charge in [-0.25, -0.2) is 4.99 Å². The van der Waals surface area contributed by atoms with Crippen LogP contribution in [0, 0.1) is 0 Å². The monoisotopic (exact) mass is 351 g/mol. The minimum atomic E-state index is 0.103. The highest BCUT2D eigenvalue weighted by molar-refractivity contribution is 5.78. The van der Waals surface area contributed by atoms with Gasteiger partial charge in [0.05, 0.1) is 5.54 Å². The van der Waals surface area contributed by atoms with Crippen LogP contribution in [0.1, 0.15) is 130 Å². The van der Waals surface area contributed by atoms with Crippen LogP contribution in [0.3, 0.4) is 0 Å². The molecule has 0 atom stereocenters. The molecule has 1 heterocycles. The van der Waals surface area contributed by atoms with Gasteiger partial charge in [0.2, 0.25) is 0 Å². The number of aliphatic imine (C=N–C) groups is 1. The first-order valence-electron chi connectivity index (χ1n) is 11.5. The molecule has 0 aromatic heterocycles. The molecule has 0 fully saturated rings. The molecule has 0 radical (unpaired) electrons. The summed E-state index contributed by atoms with van der Waals surface area (Å²) in [6.07, 6.45) is 23.1. The number of hydrogen-bond donors (Lipinski definition) is 0. The molecule has 1 rings (SSSR count). The Morgan fingerprint density at radius 3 is 1.52 bits per heavy atom. The topological polar surface area (TPSA) is 21.6 Å². The Labute approximate surface area is 158 Å². The second kappa shape index (κ2) is 14.6. The van der Waals surface area contributed by atoms with Crippen LogP contribution >= 0.6 is 0 Å². The van der Waals surface area contributed by atoms with E-state index in [1.54, 1.807) is 0 Å². The van der Waals surface area contributed by atoms with Gasteiger partial charge < -0.3 is 4.74 Å². The number of hydrogen-bond acceptors (Lipinski definition) is 2. The van der Waals surface area contributed by atoms with Crippen molar-refractivity contribution in [1.29, 1.82) is 0 Å². The van der Waals surface area contributed by atoms with Crippen LogP contribution in [0.5, 0.6) is 0 Å². The molecule has 2 nitrogen and oxygen atoms in total. The molecule has 0 saturated carbocycles. The number of ether oxygens (including phenoxy) is 1. The van der Waals surface area contributed by atoms with Gasteiger partial charge in [-0.2, -0.15) is 0 Å². The Kier molecular flexibility index (Phi) is 13.2. The molecule has 2 heteroatoms. The largest absolute Gasteiger partial charge is 0.478 e. The van der Waals surface area contributed by atoms with Gasteiger partial charge >= 0.3 is 0 Å². The molecule has 0 N–H and O–H groups in total. The average molecular weight is 352 g/mol. The van der Waals surface area contributed by atoms with E-state index in [4.69, 9.17) is 9.73 Å². The molecule has 0 bridgehead atoms. The Balaban J connectivity index is 1.84. The number of nitrogens with zero attached hydrogens (tertiary/aromatic N) is 1. The van der Waals surface area contributed by atoms with Crippen molar-refractivity contribution in [1.82, 2.24) is 0 Å². The van der Waals surface area contributed by atoms with E-state index >= 15 is 0 Å². The third-order valence-electron chi connectivity index (χ3n) is 5.93. The van der Waals surface area contributed by atoms with Gasteiger partial charge in [-0.05, 0) is 19.3 Å². The summed E-state index contributed by atoms with van der Waals surface area (Å²) in [6.45, 7) is 7.56. The maximum absolute atomic E-state index is 5.81. The maximum atomic E-state index is 5.81. The molecule has 25 heavy (non-hydrogen) atoms. The third kappa shape index (κ3) is 10.3. The molecule has 1 aliphatic heterocycles. The highest BCUT2D eigenvalue weighted by Crippen LogP contribution is 2.27. The lowest BCUT2D eigenvalue weighted by atomic mass is 9.96. The van der Waals surface area contributed by atoms with Crippen LogP contribution in [-0.4, -0.2) is 18.0 Å². The summed E-state index contributed by atoms with van der Waals surface area (Å²) in [6, 6.07) is 0. The van der Waals surface area contributed by atoms with E-state index in [0.717, 1.165) is 31.8 Å². The zero-order valence-electron chi connectivity index (χ0n) is 17.6. The highest BCUT2D eigenvalue weighted by atomic mass is 16.5. The van der Waals surface area contributed by atoms with E-state index in [1.807, 2.05) is 0 Å². The summed E-state index contributed by atoms with van der Waals surface area (Å²) in [5.74, 6) is 1.03. The lowest BCUT2D eigenvalue weighted by molar-refractivity contribution is 0.240. The van der Waals surface area contributed by atoms with E-state index in [9.17, 15) is 0 Å². The van der Waals surface area contributed by atoms with Gasteiger partial charge in [-0.15, -0.1) is 0 Å². The third-order valence-corrected chi connectivity index (χ3v) is 5.93.